The lowest BCUT2D eigenvalue weighted by molar-refractivity contribution is -0.192. The van der Waals surface area contributed by atoms with Crippen molar-refractivity contribution in [3.63, 3.8) is 0 Å². The third-order valence-corrected chi connectivity index (χ3v) is 4.16. The molecule has 1 aliphatic rings. The predicted octanol–water partition coefficient (Wildman–Crippen LogP) is 3.88. The number of benzene rings is 1. The molecule has 1 aromatic heterocycles. The van der Waals surface area contributed by atoms with Crippen LogP contribution in [-0.2, 0) is 11.3 Å². The Hall–Kier alpha value is -2.23. The van der Waals surface area contributed by atoms with E-state index in [1.54, 1.807) is 0 Å². The third kappa shape index (κ3) is 4.69. The van der Waals surface area contributed by atoms with E-state index in [9.17, 15) is 22.0 Å². The number of carboxylic acid groups (broad SMARTS) is 1. The van der Waals surface area contributed by atoms with E-state index in [0.29, 0.717) is 19.4 Å². The van der Waals surface area contributed by atoms with E-state index >= 15 is 0 Å². The summed E-state index contributed by atoms with van der Waals surface area (Å²) in [6, 6.07) is 7.91. The molecule has 5 nitrogen and oxygen atoms in total. The molecule has 0 radical (unpaired) electrons. The van der Waals surface area contributed by atoms with Crippen LogP contribution in [0.5, 0.6) is 0 Å². The number of aromatic nitrogens is 2. The molecule has 1 saturated carbocycles. The van der Waals surface area contributed by atoms with E-state index in [4.69, 9.17) is 15.6 Å². The minimum atomic E-state index is -5.08. The van der Waals surface area contributed by atoms with Crippen LogP contribution in [0.1, 0.15) is 37.4 Å². The van der Waals surface area contributed by atoms with Gasteiger partial charge in [-0.15, -0.1) is 0 Å². The van der Waals surface area contributed by atoms with Crippen LogP contribution in [0.25, 0.3) is 10.9 Å². The van der Waals surface area contributed by atoms with Gasteiger partial charge in [-0.25, -0.2) is 13.6 Å². The van der Waals surface area contributed by atoms with Crippen molar-refractivity contribution in [1.29, 1.82) is 0 Å². The lowest BCUT2D eigenvalue weighted by Crippen LogP contribution is -2.26. The van der Waals surface area contributed by atoms with E-state index in [1.165, 1.54) is 0 Å². The number of aliphatic carboxylic acids is 1. The number of hydrogen-bond donors (Lipinski definition) is 2. The SMILES string of the molecule is NCc1nn(C2CCC(F)(F)CC2)c2ccccc12.O=C(O)C(F)(F)F. The Morgan fingerprint density at radius 2 is 1.81 bits per heavy atom. The summed E-state index contributed by atoms with van der Waals surface area (Å²) in [5.74, 6) is -5.26. The van der Waals surface area contributed by atoms with Crippen LogP contribution in [-0.4, -0.2) is 33.0 Å². The topological polar surface area (TPSA) is 81.1 Å². The highest BCUT2D eigenvalue weighted by atomic mass is 19.4. The zero-order valence-corrected chi connectivity index (χ0v) is 13.6. The van der Waals surface area contributed by atoms with Crippen LogP contribution in [0.15, 0.2) is 24.3 Å². The minimum Gasteiger partial charge on any atom is -0.475 e. The maximum Gasteiger partial charge on any atom is 0.490 e. The summed E-state index contributed by atoms with van der Waals surface area (Å²) in [5.41, 5.74) is 7.55. The number of carbonyl (C=O) groups is 1. The average Bonchev–Trinajstić information content (AvgIpc) is 2.93. The van der Waals surface area contributed by atoms with E-state index < -0.39 is 18.1 Å². The van der Waals surface area contributed by atoms with Gasteiger partial charge < -0.3 is 10.8 Å². The van der Waals surface area contributed by atoms with E-state index in [1.807, 2.05) is 28.9 Å². The number of carboxylic acids is 1. The molecular formula is C16H18F5N3O2. The first-order chi connectivity index (χ1) is 12.0. The van der Waals surface area contributed by atoms with Gasteiger partial charge >= 0.3 is 12.1 Å². The molecule has 0 spiro atoms. The number of hydrogen-bond acceptors (Lipinski definition) is 3. The second kappa shape index (κ2) is 7.56. The first-order valence-electron chi connectivity index (χ1n) is 7.89. The summed E-state index contributed by atoms with van der Waals surface area (Å²) < 4.78 is 60.1. The Balaban J connectivity index is 0.000000298. The number of nitrogens with two attached hydrogens (primary N) is 1. The van der Waals surface area contributed by atoms with Crippen molar-refractivity contribution in [1.82, 2.24) is 9.78 Å². The van der Waals surface area contributed by atoms with Crippen LogP contribution in [0.4, 0.5) is 22.0 Å². The second-order valence-electron chi connectivity index (χ2n) is 6.00. The Labute approximate surface area is 145 Å². The van der Waals surface area contributed by atoms with Gasteiger partial charge in [0.05, 0.1) is 17.3 Å². The molecule has 144 valence electrons. The van der Waals surface area contributed by atoms with Gasteiger partial charge in [0, 0.05) is 24.8 Å². The molecule has 3 rings (SSSR count). The van der Waals surface area contributed by atoms with Gasteiger partial charge in [-0.05, 0) is 18.9 Å². The molecule has 0 aliphatic heterocycles. The van der Waals surface area contributed by atoms with Gasteiger partial charge in [0.15, 0.2) is 0 Å². The fourth-order valence-corrected chi connectivity index (χ4v) is 2.85. The molecule has 1 aliphatic carbocycles. The number of para-hydroxylation sites is 1. The standard InChI is InChI=1S/C14H17F2N3.C2HF3O2/c15-14(16)7-5-10(6-8-14)19-13-4-2-1-3-11(13)12(9-17)18-19;3-2(4,5)1(6)7/h1-4,10H,5-9,17H2;(H,6,7). The number of rotatable bonds is 2. The summed E-state index contributed by atoms with van der Waals surface area (Å²) >= 11 is 0. The molecule has 0 saturated heterocycles. The fourth-order valence-electron chi connectivity index (χ4n) is 2.85. The van der Waals surface area contributed by atoms with Gasteiger partial charge in [0.2, 0.25) is 5.92 Å². The van der Waals surface area contributed by atoms with Gasteiger partial charge in [-0.1, -0.05) is 18.2 Å². The highest BCUT2D eigenvalue weighted by Gasteiger charge is 2.38. The summed E-state index contributed by atoms with van der Waals surface area (Å²) in [4.78, 5) is 8.90. The molecule has 2 aromatic rings. The fraction of sp³-hybridized carbons (Fsp3) is 0.500. The van der Waals surface area contributed by atoms with Crippen LogP contribution < -0.4 is 5.73 Å². The molecular weight excluding hydrogens is 361 g/mol. The zero-order valence-electron chi connectivity index (χ0n) is 13.6. The molecule has 10 heteroatoms. The van der Waals surface area contributed by atoms with Crippen LogP contribution in [0.3, 0.4) is 0 Å². The molecule has 0 bridgehead atoms. The smallest absolute Gasteiger partial charge is 0.475 e. The Morgan fingerprint density at radius 3 is 2.31 bits per heavy atom. The first-order valence-corrected chi connectivity index (χ1v) is 7.89. The number of halogens is 5. The van der Waals surface area contributed by atoms with Crippen molar-refractivity contribution >= 4 is 16.9 Å². The van der Waals surface area contributed by atoms with Gasteiger partial charge in [-0.2, -0.15) is 18.3 Å². The van der Waals surface area contributed by atoms with E-state index in [2.05, 4.69) is 5.10 Å². The lowest BCUT2D eigenvalue weighted by Gasteiger charge is -2.28. The lowest BCUT2D eigenvalue weighted by atomic mass is 9.92. The summed E-state index contributed by atoms with van der Waals surface area (Å²) in [5, 5.41) is 12.7. The number of alkyl halides is 5. The van der Waals surface area contributed by atoms with Crippen LogP contribution in [0, 0.1) is 0 Å². The highest BCUT2D eigenvalue weighted by molar-refractivity contribution is 5.82. The highest BCUT2D eigenvalue weighted by Crippen LogP contribution is 2.39. The quantitative estimate of drug-likeness (QED) is 0.776. The van der Waals surface area contributed by atoms with Crippen LogP contribution in [0.2, 0.25) is 0 Å². The van der Waals surface area contributed by atoms with E-state index in [-0.39, 0.29) is 18.9 Å². The minimum absolute atomic E-state index is 0.0518. The van der Waals surface area contributed by atoms with Crippen molar-refractivity contribution in [2.45, 2.75) is 50.4 Å². The average molecular weight is 379 g/mol. The van der Waals surface area contributed by atoms with Crippen molar-refractivity contribution in [2.24, 2.45) is 5.73 Å². The molecule has 26 heavy (non-hydrogen) atoms. The molecule has 1 fully saturated rings. The maximum atomic E-state index is 13.2. The molecule has 1 heterocycles. The molecule has 0 amide bonds. The molecule has 3 N–H and O–H groups in total. The molecule has 0 atom stereocenters. The summed E-state index contributed by atoms with van der Waals surface area (Å²) in [6.45, 7) is 0.371. The van der Waals surface area contributed by atoms with Crippen molar-refractivity contribution in [2.75, 3.05) is 0 Å². The van der Waals surface area contributed by atoms with Crippen molar-refractivity contribution in [3.8, 4) is 0 Å². The zero-order chi connectivity index (χ0) is 19.5. The van der Waals surface area contributed by atoms with Crippen molar-refractivity contribution < 1.29 is 31.9 Å². The first kappa shape index (κ1) is 20.1. The summed E-state index contributed by atoms with van der Waals surface area (Å²) in [6.07, 6.45) is -4.24. The van der Waals surface area contributed by atoms with Gasteiger partial charge in [-0.3, -0.25) is 4.68 Å². The van der Waals surface area contributed by atoms with Crippen LogP contribution >= 0.6 is 0 Å². The summed E-state index contributed by atoms with van der Waals surface area (Å²) in [7, 11) is 0. The molecule has 0 unspecified atom stereocenters. The van der Waals surface area contributed by atoms with Gasteiger partial charge in [0.1, 0.15) is 0 Å². The normalized spacial score (nSPS) is 17.6. The molecule has 1 aromatic carbocycles. The third-order valence-electron chi connectivity index (χ3n) is 4.16. The number of nitrogens with zero attached hydrogens (tertiary/aromatic N) is 2. The van der Waals surface area contributed by atoms with Gasteiger partial charge in [0.25, 0.3) is 0 Å². The van der Waals surface area contributed by atoms with Crippen molar-refractivity contribution in [3.05, 3.63) is 30.0 Å². The van der Waals surface area contributed by atoms with E-state index in [0.717, 1.165) is 16.6 Å². The Bertz CT molecular complexity index is 763. The maximum absolute atomic E-state index is 13.2. The number of fused-ring (bicyclic) bond motifs is 1. The Kier molecular flexibility index (Phi) is 5.84. The predicted molar refractivity (Wildman–Crippen MR) is 83.8 cm³/mol. The Morgan fingerprint density at radius 1 is 1.27 bits per heavy atom. The monoisotopic (exact) mass is 379 g/mol. The largest absolute Gasteiger partial charge is 0.490 e. The second-order valence-corrected chi connectivity index (χ2v) is 6.00.